The third-order valence-corrected chi connectivity index (χ3v) is 6.97. The van der Waals surface area contributed by atoms with Gasteiger partial charge in [-0.3, -0.25) is 9.98 Å². The first-order chi connectivity index (χ1) is 18.2. The van der Waals surface area contributed by atoms with Crippen LogP contribution in [0.3, 0.4) is 0 Å². The van der Waals surface area contributed by atoms with Crippen molar-refractivity contribution in [3.63, 3.8) is 0 Å². The highest BCUT2D eigenvalue weighted by atomic mass is 35.5. The minimum Gasteiger partial charge on any atom is -0.513 e. The maximum Gasteiger partial charge on any atom is 0.0861 e. The molecule has 1 aliphatic rings. The van der Waals surface area contributed by atoms with Gasteiger partial charge in [-0.25, -0.2) is 0 Å². The largest absolute Gasteiger partial charge is 0.513 e. The molecule has 0 spiro atoms. The van der Waals surface area contributed by atoms with Gasteiger partial charge in [-0.15, -0.1) is 0 Å². The van der Waals surface area contributed by atoms with Crippen LogP contribution in [-0.4, -0.2) is 29.6 Å². The number of rotatable bonds is 11. The van der Waals surface area contributed by atoms with Crippen LogP contribution in [0.25, 0.3) is 0 Å². The zero-order valence-corrected chi connectivity index (χ0v) is 24.7. The molecule has 204 valence electrons. The lowest BCUT2D eigenvalue weighted by molar-refractivity contribution is 0.387. The summed E-state index contributed by atoms with van der Waals surface area (Å²) in [6, 6.07) is 14.5. The van der Waals surface area contributed by atoms with E-state index in [9.17, 15) is 5.11 Å². The minimum absolute atomic E-state index is 0.117. The lowest BCUT2D eigenvalue weighted by Crippen LogP contribution is -2.10. The molecule has 1 unspecified atom stereocenters. The van der Waals surface area contributed by atoms with E-state index in [1.165, 1.54) is 23.1 Å². The van der Waals surface area contributed by atoms with Gasteiger partial charge in [0.25, 0.3) is 0 Å². The SMILES string of the molecule is C=C(O)CC(C1=NCC=C1)c1ccc(C)cc1.CCCCNc1ccc(C(C)=N/C(C)=C(\C)CC)cc1Cl. The summed E-state index contributed by atoms with van der Waals surface area (Å²) in [5.74, 6) is 0.324. The van der Waals surface area contributed by atoms with E-state index in [1.807, 2.05) is 31.2 Å². The second-order valence-corrected chi connectivity index (χ2v) is 10.2. The Balaban J connectivity index is 0.000000272. The highest BCUT2D eigenvalue weighted by Gasteiger charge is 2.19. The van der Waals surface area contributed by atoms with Gasteiger partial charge in [0.2, 0.25) is 0 Å². The zero-order valence-electron chi connectivity index (χ0n) is 23.9. The van der Waals surface area contributed by atoms with E-state index < -0.39 is 0 Å². The first-order valence-electron chi connectivity index (χ1n) is 13.6. The monoisotopic (exact) mass is 533 g/mol. The molecule has 0 radical (unpaired) electrons. The molecule has 3 rings (SSSR count). The lowest BCUT2D eigenvalue weighted by Gasteiger charge is -2.16. The van der Waals surface area contributed by atoms with Crippen LogP contribution >= 0.6 is 11.6 Å². The molecule has 2 N–H and O–H groups in total. The highest BCUT2D eigenvalue weighted by molar-refractivity contribution is 6.33. The fraction of sp³-hybridized carbons (Fsp3) is 0.394. The van der Waals surface area contributed by atoms with Crippen molar-refractivity contribution in [2.75, 3.05) is 18.4 Å². The summed E-state index contributed by atoms with van der Waals surface area (Å²) in [7, 11) is 0. The summed E-state index contributed by atoms with van der Waals surface area (Å²) in [6.45, 7) is 17.9. The maximum atomic E-state index is 9.43. The van der Waals surface area contributed by atoms with Gasteiger partial charge in [0.15, 0.2) is 0 Å². The quantitative estimate of drug-likeness (QED) is 0.171. The van der Waals surface area contributed by atoms with Gasteiger partial charge in [0.05, 0.1) is 23.0 Å². The van der Waals surface area contributed by atoms with E-state index >= 15 is 0 Å². The standard InChI is InChI=1S/C18H27ClN2.C15H17NO/c1-6-8-11-20-18-10-9-16(12-17(18)19)15(5)21-14(4)13(3)7-2;1-11-5-7-13(8-6-11)14(10-12(2)17)15-4-3-9-16-15/h9-10,12,20H,6-8,11H2,1-5H3;3-8,14,17H,2,9-10H2,1H3/b14-13+,21-15?;. The number of aliphatic hydroxyl groups excluding tert-OH is 1. The third-order valence-electron chi connectivity index (χ3n) is 6.66. The van der Waals surface area contributed by atoms with Crippen LogP contribution in [0.1, 0.15) is 82.9 Å². The molecule has 0 amide bonds. The van der Waals surface area contributed by atoms with Crippen LogP contribution in [0.4, 0.5) is 5.69 Å². The molecule has 0 fully saturated rings. The number of hydrogen-bond acceptors (Lipinski definition) is 4. The first-order valence-corrected chi connectivity index (χ1v) is 13.9. The van der Waals surface area contributed by atoms with Gasteiger partial charge < -0.3 is 10.4 Å². The van der Waals surface area contributed by atoms with E-state index in [2.05, 4.69) is 86.8 Å². The maximum absolute atomic E-state index is 9.43. The predicted molar refractivity (Wildman–Crippen MR) is 167 cm³/mol. The molecule has 0 aliphatic carbocycles. The first kappa shape index (κ1) is 31.1. The second kappa shape index (κ2) is 16.0. The number of aliphatic imine (C=N–C) groups is 2. The molecule has 1 atom stereocenters. The Morgan fingerprint density at radius 1 is 1.13 bits per heavy atom. The van der Waals surface area contributed by atoms with Crippen molar-refractivity contribution in [2.24, 2.45) is 9.98 Å². The number of allylic oxidation sites excluding steroid dienone is 4. The van der Waals surface area contributed by atoms with E-state index in [1.54, 1.807) is 0 Å². The summed E-state index contributed by atoms with van der Waals surface area (Å²) in [6.07, 6.45) is 7.97. The van der Waals surface area contributed by atoms with Crippen LogP contribution < -0.4 is 5.32 Å². The number of aryl methyl sites for hydroxylation is 1. The van der Waals surface area contributed by atoms with Crippen molar-refractivity contribution < 1.29 is 5.11 Å². The molecule has 38 heavy (non-hydrogen) atoms. The highest BCUT2D eigenvalue weighted by Crippen LogP contribution is 2.27. The number of anilines is 1. The molecule has 1 heterocycles. The molecule has 0 saturated heterocycles. The number of halogens is 1. The molecule has 0 aromatic heterocycles. The number of benzene rings is 2. The van der Waals surface area contributed by atoms with Crippen LogP contribution in [0.15, 0.2) is 88.2 Å². The number of unbranched alkanes of at least 4 members (excludes halogenated alkanes) is 1. The fourth-order valence-corrected chi connectivity index (χ4v) is 4.24. The van der Waals surface area contributed by atoms with Crippen molar-refractivity contribution in [2.45, 2.75) is 73.1 Å². The Morgan fingerprint density at radius 2 is 1.84 bits per heavy atom. The molecule has 1 aliphatic heterocycles. The molecule has 0 saturated carbocycles. The number of nitrogens with one attached hydrogen (secondary N) is 1. The molecule has 2 aromatic rings. The second-order valence-electron chi connectivity index (χ2n) is 9.79. The van der Waals surface area contributed by atoms with Gasteiger partial charge in [0, 0.05) is 36.0 Å². The van der Waals surface area contributed by atoms with Gasteiger partial charge in [-0.05, 0) is 69.9 Å². The molecule has 5 heteroatoms. The van der Waals surface area contributed by atoms with Gasteiger partial charge >= 0.3 is 0 Å². The summed E-state index contributed by atoms with van der Waals surface area (Å²) in [5, 5.41) is 13.5. The van der Waals surface area contributed by atoms with Crippen molar-refractivity contribution in [3.05, 3.63) is 99.9 Å². The average Bonchev–Trinajstić information content (AvgIpc) is 3.43. The van der Waals surface area contributed by atoms with Crippen molar-refractivity contribution in [3.8, 4) is 0 Å². The molecular formula is C33H44ClN3O. The Labute approximate surface area is 235 Å². The number of hydrogen-bond donors (Lipinski definition) is 2. The Hall–Kier alpha value is -3.11. The fourth-order valence-electron chi connectivity index (χ4n) is 3.99. The topological polar surface area (TPSA) is 57.0 Å². The van der Waals surface area contributed by atoms with E-state index in [-0.39, 0.29) is 11.7 Å². The van der Waals surface area contributed by atoms with Crippen LogP contribution in [0, 0.1) is 6.92 Å². The molecular weight excluding hydrogens is 490 g/mol. The van der Waals surface area contributed by atoms with Crippen LogP contribution in [0.5, 0.6) is 0 Å². The molecule has 0 bridgehead atoms. The molecule has 4 nitrogen and oxygen atoms in total. The van der Waals surface area contributed by atoms with Crippen molar-refractivity contribution >= 4 is 28.7 Å². The molecule has 2 aromatic carbocycles. The van der Waals surface area contributed by atoms with Gasteiger partial charge in [0.1, 0.15) is 0 Å². The normalized spacial score (nSPS) is 14.3. The van der Waals surface area contributed by atoms with Crippen molar-refractivity contribution in [1.29, 1.82) is 0 Å². The third kappa shape index (κ3) is 9.98. The summed E-state index contributed by atoms with van der Waals surface area (Å²) in [4.78, 5) is 9.12. The van der Waals surface area contributed by atoms with E-state index in [0.29, 0.717) is 6.42 Å². The summed E-state index contributed by atoms with van der Waals surface area (Å²) in [5.41, 5.74) is 8.93. The van der Waals surface area contributed by atoms with Crippen LogP contribution in [-0.2, 0) is 0 Å². The van der Waals surface area contributed by atoms with E-state index in [0.717, 1.165) is 59.3 Å². The summed E-state index contributed by atoms with van der Waals surface area (Å²) < 4.78 is 0. The zero-order chi connectivity index (χ0) is 28.1. The Kier molecular flexibility index (Phi) is 13.1. The van der Waals surface area contributed by atoms with Gasteiger partial charge in [-0.2, -0.15) is 0 Å². The average molecular weight is 534 g/mol. The van der Waals surface area contributed by atoms with E-state index in [4.69, 9.17) is 11.6 Å². The summed E-state index contributed by atoms with van der Waals surface area (Å²) >= 11 is 6.35. The lowest BCUT2D eigenvalue weighted by atomic mass is 9.90. The van der Waals surface area contributed by atoms with Crippen LogP contribution in [0.2, 0.25) is 5.02 Å². The van der Waals surface area contributed by atoms with Gasteiger partial charge in [-0.1, -0.05) is 86.0 Å². The van der Waals surface area contributed by atoms with Crippen molar-refractivity contribution in [1.82, 2.24) is 0 Å². The Bertz CT molecular complexity index is 1190. The smallest absolute Gasteiger partial charge is 0.0861 e. The number of nitrogens with zero attached hydrogens (tertiary/aromatic N) is 2. The predicted octanol–water partition coefficient (Wildman–Crippen LogP) is 9.62. The Morgan fingerprint density at radius 3 is 2.39 bits per heavy atom. The minimum atomic E-state index is 0.117. The number of aliphatic hydroxyl groups is 1.